The van der Waals surface area contributed by atoms with Crippen molar-refractivity contribution < 1.29 is 14.7 Å². The number of aldehydes is 1. The zero-order valence-corrected chi connectivity index (χ0v) is 14.4. The molecule has 16 heavy (non-hydrogen) atoms. The number of rotatable bonds is 3. The van der Waals surface area contributed by atoms with Crippen LogP contribution in [0.2, 0.25) is 0 Å². The third kappa shape index (κ3) is 2.44. The molecule has 1 aromatic rings. The minimum atomic E-state index is -1.02. The number of carbonyl (C=O) groups excluding carboxylic acids is 1. The zero-order valence-electron chi connectivity index (χ0n) is 7.97. The molecule has 0 spiro atoms. The van der Waals surface area contributed by atoms with E-state index in [4.69, 9.17) is 5.11 Å². The van der Waals surface area contributed by atoms with Crippen molar-refractivity contribution in [2.45, 2.75) is 0 Å². The van der Waals surface area contributed by atoms with Gasteiger partial charge in [-0.3, -0.25) is 4.79 Å². The van der Waals surface area contributed by atoms with E-state index >= 15 is 0 Å². The molecule has 0 radical (unpaired) electrons. The van der Waals surface area contributed by atoms with E-state index in [2.05, 4.69) is 5.32 Å². The van der Waals surface area contributed by atoms with Crippen molar-refractivity contribution in [1.29, 1.82) is 0 Å². The number of anilines is 1. The fraction of sp³-hybridized carbons (Fsp3) is 0.111. The zero-order chi connectivity index (χ0) is 12.5. The quantitative estimate of drug-likeness (QED) is 0.444. The van der Waals surface area contributed by atoms with E-state index < -0.39 is 5.97 Å². The Kier molecular flexibility index (Phi) is 5.22. The van der Waals surface area contributed by atoms with Gasteiger partial charge in [0.2, 0.25) is 0 Å². The number of carboxylic acid groups (broad SMARTS) is 1. The predicted molar refractivity (Wildman–Crippen MR) is 86.5 cm³/mol. The first-order valence-corrected chi connectivity index (χ1v) is 7.26. The van der Waals surface area contributed by atoms with E-state index in [0.717, 1.165) is 3.57 Å². The number of aromatic carboxylic acids is 1. The van der Waals surface area contributed by atoms with Crippen molar-refractivity contribution in [1.82, 2.24) is 0 Å². The summed E-state index contributed by atoms with van der Waals surface area (Å²) >= 11 is 5.90. The lowest BCUT2D eigenvalue weighted by molar-refractivity contribution is 0.0694. The summed E-state index contributed by atoms with van der Waals surface area (Å²) in [5.74, 6) is -1.02. The number of benzene rings is 1. The third-order valence-electron chi connectivity index (χ3n) is 1.93. The molecule has 1 aromatic carbocycles. The molecule has 0 saturated heterocycles. The van der Waals surface area contributed by atoms with Gasteiger partial charge in [-0.05, 0) is 67.8 Å². The summed E-state index contributed by atoms with van der Waals surface area (Å²) in [6.07, 6.45) is 0.687. The number of carbonyl (C=O) groups is 2. The fourth-order valence-electron chi connectivity index (χ4n) is 1.19. The second-order valence-corrected chi connectivity index (χ2v) is 6.01. The van der Waals surface area contributed by atoms with Crippen molar-refractivity contribution in [3.63, 3.8) is 0 Å². The SMILES string of the molecule is CNc1c(I)c(C=O)c(I)c(C(=O)O)c1I. The van der Waals surface area contributed by atoms with E-state index in [1.165, 1.54) is 0 Å². The second-order valence-electron chi connectivity index (χ2n) is 2.78. The summed E-state index contributed by atoms with van der Waals surface area (Å²) in [5, 5.41) is 12.0. The van der Waals surface area contributed by atoms with Gasteiger partial charge < -0.3 is 10.4 Å². The molecule has 0 saturated carbocycles. The van der Waals surface area contributed by atoms with Crippen LogP contribution < -0.4 is 5.32 Å². The Hall–Kier alpha value is 0.350. The van der Waals surface area contributed by atoms with Crippen LogP contribution in [0, 0.1) is 10.7 Å². The van der Waals surface area contributed by atoms with Gasteiger partial charge in [-0.15, -0.1) is 0 Å². The van der Waals surface area contributed by atoms with Gasteiger partial charge >= 0.3 is 5.97 Å². The molecule has 0 amide bonds. The topological polar surface area (TPSA) is 66.4 Å². The molecule has 7 heteroatoms. The Morgan fingerprint density at radius 2 is 1.81 bits per heavy atom. The number of hydrogen-bond donors (Lipinski definition) is 2. The summed E-state index contributed by atoms with van der Waals surface area (Å²) in [6.45, 7) is 0. The van der Waals surface area contributed by atoms with Gasteiger partial charge in [0.25, 0.3) is 0 Å². The average Bonchev–Trinajstić information content (AvgIpc) is 2.18. The van der Waals surface area contributed by atoms with Gasteiger partial charge in [0.05, 0.1) is 14.8 Å². The van der Waals surface area contributed by atoms with Gasteiger partial charge in [-0.1, -0.05) is 0 Å². The highest BCUT2D eigenvalue weighted by atomic mass is 127. The molecule has 2 N–H and O–H groups in total. The number of halogens is 3. The summed E-state index contributed by atoms with van der Waals surface area (Å²) in [6, 6.07) is 0. The van der Waals surface area contributed by atoms with E-state index in [-0.39, 0.29) is 5.56 Å². The summed E-state index contributed by atoms with van der Waals surface area (Å²) in [5.41, 5.74) is 1.28. The largest absolute Gasteiger partial charge is 0.478 e. The van der Waals surface area contributed by atoms with Crippen LogP contribution in [0.15, 0.2) is 0 Å². The number of carboxylic acids is 1. The van der Waals surface area contributed by atoms with Gasteiger partial charge in [0, 0.05) is 19.8 Å². The lowest BCUT2D eigenvalue weighted by Gasteiger charge is -2.14. The molecule has 0 bridgehead atoms. The number of hydrogen-bond acceptors (Lipinski definition) is 3. The highest BCUT2D eigenvalue weighted by molar-refractivity contribution is 14.1. The van der Waals surface area contributed by atoms with E-state index in [1.807, 2.05) is 67.8 Å². The Balaban J connectivity index is 3.76. The maximum Gasteiger partial charge on any atom is 0.337 e. The van der Waals surface area contributed by atoms with Crippen LogP contribution in [0.3, 0.4) is 0 Å². The third-order valence-corrected chi connectivity index (χ3v) is 5.25. The first-order chi connectivity index (χ1) is 7.45. The molecule has 4 nitrogen and oxygen atoms in total. The van der Waals surface area contributed by atoms with E-state index in [9.17, 15) is 9.59 Å². The summed E-state index contributed by atoms with van der Waals surface area (Å²) < 4.78 is 1.84. The molecule has 0 atom stereocenters. The average molecular weight is 557 g/mol. The first-order valence-electron chi connectivity index (χ1n) is 4.02. The summed E-state index contributed by atoms with van der Waals surface area (Å²) in [4.78, 5) is 22.1. The normalized spacial score (nSPS) is 10.0. The molecule has 1 rings (SSSR count). The van der Waals surface area contributed by atoms with Crippen LogP contribution in [0.25, 0.3) is 0 Å². The lowest BCUT2D eigenvalue weighted by atomic mass is 10.1. The van der Waals surface area contributed by atoms with Crippen molar-refractivity contribution in [2.75, 3.05) is 12.4 Å². The Labute approximate surface area is 133 Å². The second kappa shape index (κ2) is 5.80. The Morgan fingerprint density at radius 1 is 1.25 bits per heavy atom. The van der Waals surface area contributed by atoms with E-state index in [0.29, 0.717) is 24.7 Å². The lowest BCUT2D eigenvalue weighted by Crippen LogP contribution is -2.11. The van der Waals surface area contributed by atoms with Crippen molar-refractivity contribution in [2.24, 2.45) is 0 Å². The van der Waals surface area contributed by atoms with E-state index in [1.54, 1.807) is 7.05 Å². The van der Waals surface area contributed by atoms with Crippen molar-refractivity contribution >= 4 is 85.7 Å². The van der Waals surface area contributed by atoms with Crippen LogP contribution in [-0.4, -0.2) is 24.4 Å². The molecular weight excluding hydrogens is 551 g/mol. The molecule has 0 aliphatic rings. The van der Waals surface area contributed by atoms with Gasteiger partial charge in [-0.2, -0.15) is 0 Å². The molecule has 86 valence electrons. The molecular formula is C9H6I3NO3. The van der Waals surface area contributed by atoms with Crippen LogP contribution in [0.1, 0.15) is 20.7 Å². The standard InChI is InChI=1S/C9H6I3NO3/c1-13-8-6(11)3(2-14)5(10)4(7(8)12)9(15)16/h2,13H,1H3,(H,15,16). The van der Waals surface area contributed by atoms with Crippen LogP contribution >= 0.6 is 67.8 Å². The molecule has 0 aliphatic heterocycles. The predicted octanol–water partition coefficient (Wildman–Crippen LogP) is 3.05. The summed E-state index contributed by atoms with van der Waals surface area (Å²) in [7, 11) is 1.70. The van der Waals surface area contributed by atoms with Crippen LogP contribution in [0.5, 0.6) is 0 Å². The highest BCUT2D eigenvalue weighted by Crippen LogP contribution is 2.34. The Bertz CT molecular complexity index is 474. The van der Waals surface area contributed by atoms with Gasteiger partial charge in [0.15, 0.2) is 6.29 Å². The molecule has 0 aliphatic carbocycles. The molecule has 0 heterocycles. The Morgan fingerprint density at radius 3 is 2.19 bits per heavy atom. The smallest absolute Gasteiger partial charge is 0.337 e. The maximum atomic E-state index is 11.1. The molecule has 0 aromatic heterocycles. The maximum absolute atomic E-state index is 11.1. The van der Waals surface area contributed by atoms with Crippen LogP contribution in [-0.2, 0) is 0 Å². The van der Waals surface area contributed by atoms with Crippen LogP contribution in [0.4, 0.5) is 5.69 Å². The molecule has 0 fully saturated rings. The van der Waals surface area contributed by atoms with Gasteiger partial charge in [-0.25, -0.2) is 4.79 Å². The monoisotopic (exact) mass is 557 g/mol. The van der Waals surface area contributed by atoms with Gasteiger partial charge in [0.1, 0.15) is 0 Å². The minimum absolute atomic E-state index is 0.174. The number of nitrogens with one attached hydrogen (secondary N) is 1. The highest BCUT2D eigenvalue weighted by Gasteiger charge is 2.23. The fourth-order valence-corrected chi connectivity index (χ4v) is 5.62. The van der Waals surface area contributed by atoms with Crippen molar-refractivity contribution in [3.8, 4) is 0 Å². The molecule has 0 unspecified atom stereocenters. The minimum Gasteiger partial charge on any atom is -0.478 e. The first kappa shape index (κ1) is 14.4. The van der Waals surface area contributed by atoms with Crippen molar-refractivity contribution in [3.05, 3.63) is 21.8 Å².